The van der Waals surface area contributed by atoms with Gasteiger partial charge in [-0.2, -0.15) is 0 Å². The Bertz CT molecular complexity index is 1090. The first kappa shape index (κ1) is 18.8. The van der Waals surface area contributed by atoms with E-state index >= 15 is 0 Å². The maximum absolute atomic E-state index is 13.8. The number of rotatable bonds is 3. The molecule has 3 aliphatic heterocycles. The first-order valence-electron chi connectivity index (χ1n) is 10.1. The number of ether oxygens (including phenoxy) is 1. The monoisotopic (exact) mass is 408 g/mol. The van der Waals surface area contributed by atoms with E-state index in [1.807, 2.05) is 23.1 Å². The molecule has 154 valence electrons. The van der Waals surface area contributed by atoms with E-state index in [2.05, 4.69) is 5.32 Å². The van der Waals surface area contributed by atoms with Crippen molar-refractivity contribution in [1.29, 1.82) is 0 Å². The standard InChI is InChI=1S/C23H21FN2O4/c24-15-5-7-18-17(10-15)20(22(27)25-18)21-16-6-4-13(9-14(16)12-30-21)11-26-8-2-1-3-19(26)23(28)29/h4-7,9-10,19H,1-3,8,11-12H2,(H,25,27)(H,28,29). The minimum absolute atomic E-state index is 0.305. The lowest BCUT2D eigenvalue weighted by Crippen LogP contribution is -2.44. The number of fused-ring (bicyclic) bond motifs is 2. The number of nitrogens with zero attached hydrogens (tertiary/aromatic N) is 1. The predicted molar refractivity (Wildman–Crippen MR) is 109 cm³/mol. The molecule has 5 rings (SSSR count). The molecule has 0 aliphatic carbocycles. The molecule has 2 aromatic carbocycles. The van der Waals surface area contributed by atoms with E-state index < -0.39 is 17.8 Å². The van der Waals surface area contributed by atoms with Gasteiger partial charge < -0.3 is 15.2 Å². The van der Waals surface area contributed by atoms with E-state index in [-0.39, 0.29) is 5.91 Å². The van der Waals surface area contributed by atoms with Crippen molar-refractivity contribution in [2.45, 2.75) is 38.5 Å². The molecule has 0 radical (unpaired) electrons. The molecule has 2 aromatic rings. The van der Waals surface area contributed by atoms with Crippen LogP contribution < -0.4 is 5.32 Å². The molecular formula is C23H21FN2O4. The van der Waals surface area contributed by atoms with Crippen molar-refractivity contribution in [3.63, 3.8) is 0 Å². The molecule has 3 heterocycles. The lowest BCUT2D eigenvalue weighted by molar-refractivity contribution is -0.144. The molecular weight excluding hydrogens is 387 g/mol. The summed E-state index contributed by atoms with van der Waals surface area (Å²) in [6.07, 6.45) is 2.61. The van der Waals surface area contributed by atoms with E-state index in [1.54, 1.807) is 6.07 Å². The molecule has 2 N–H and O–H groups in total. The number of carboxylic acids is 1. The molecule has 0 saturated carbocycles. The van der Waals surface area contributed by atoms with Crippen LogP contribution >= 0.6 is 0 Å². The van der Waals surface area contributed by atoms with Crippen LogP contribution in [-0.2, 0) is 27.5 Å². The minimum atomic E-state index is -0.774. The Kier molecular flexibility index (Phi) is 4.55. The summed E-state index contributed by atoms with van der Waals surface area (Å²) in [4.78, 5) is 26.1. The van der Waals surface area contributed by atoms with Gasteiger partial charge in [-0.05, 0) is 43.1 Å². The molecule has 6 nitrogen and oxygen atoms in total. The van der Waals surface area contributed by atoms with Gasteiger partial charge in [-0.15, -0.1) is 0 Å². The van der Waals surface area contributed by atoms with Crippen molar-refractivity contribution in [3.8, 4) is 0 Å². The lowest BCUT2D eigenvalue weighted by atomic mass is 9.97. The molecule has 0 aromatic heterocycles. The topological polar surface area (TPSA) is 78.9 Å². The van der Waals surface area contributed by atoms with Gasteiger partial charge in [0.2, 0.25) is 0 Å². The fraction of sp³-hybridized carbons (Fsp3) is 0.304. The number of likely N-dealkylation sites (tertiary alicyclic amines) is 1. The Balaban J connectivity index is 1.47. The van der Waals surface area contributed by atoms with Crippen molar-refractivity contribution in [2.75, 3.05) is 11.9 Å². The van der Waals surface area contributed by atoms with E-state index in [1.165, 1.54) is 12.1 Å². The third-order valence-corrected chi connectivity index (χ3v) is 6.02. The van der Waals surface area contributed by atoms with Crippen LogP contribution in [0.25, 0.3) is 11.3 Å². The second-order valence-corrected chi connectivity index (χ2v) is 7.95. The second-order valence-electron chi connectivity index (χ2n) is 7.95. The van der Waals surface area contributed by atoms with Gasteiger partial charge in [-0.25, -0.2) is 4.39 Å². The van der Waals surface area contributed by atoms with Gasteiger partial charge in [0.05, 0.1) is 5.57 Å². The number of aliphatic carboxylic acids is 1. The van der Waals surface area contributed by atoms with Gasteiger partial charge in [0.25, 0.3) is 5.91 Å². The number of carboxylic acid groups (broad SMARTS) is 1. The molecule has 30 heavy (non-hydrogen) atoms. The largest absolute Gasteiger partial charge is 0.487 e. The van der Waals surface area contributed by atoms with Gasteiger partial charge in [-0.3, -0.25) is 14.5 Å². The summed E-state index contributed by atoms with van der Waals surface area (Å²) < 4.78 is 19.6. The molecule has 1 amide bonds. The maximum Gasteiger partial charge on any atom is 0.320 e. The highest BCUT2D eigenvalue weighted by Gasteiger charge is 2.33. The molecule has 0 spiro atoms. The zero-order valence-electron chi connectivity index (χ0n) is 16.3. The zero-order valence-corrected chi connectivity index (χ0v) is 16.3. The lowest BCUT2D eigenvalue weighted by Gasteiger charge is -2.32. The Labute approximate surface area is 173 Å². The predicted octanol–water partition coefficient (Wildman–Crippen LogP) is 3.62. The summed E-state index contributed by atoms with van der Waals surface area (Å²) in [5.74, 6) is -1.03. The van der Waals surface area contributed by atoms with E-state index in [0.29, 0.717) is 42.2 Å². The molecule has 1 fully saturated rings. The average molecular weight is 408 g/mol. The van der Waals surface area contributed by atoms with Crippen LogP contribution in [0.3, 0.4) is 0 Å². The molecule has 7 heteroatoms. The van der Waals surface area contributed by atoms with Crippen molar-refractivity contribution in [1.82, 2.24) is 4.90 Å². The number of hydrogen-bond donors (Lipinski definition) is 2. The summed E-state index contributed by atoms with van der Waals surface area (Å²) in [6, 6.07) is 9.61. The average Bonchev–Trinajstić information content (AvgIpc) is 3.27. The smallest absolute Gasteiger partial charge is 0.320 e. The maximum atomic E-state index is 13.8. The third kappa shape index (κ3) is 3.15. The van der Waals surface area contributed by atoms with Crippen LogP contribution in [-0.4, -0.2) is 34.5 Å². The van der Waals surface area contributed by atoms with Gasteiger partial charge in [0.15, 0.2) is 0 Å². The van der Waals surface area contributed by atoms with Crippen molar-refractivity contribution in [2.24, 2.45) is 0 Å². The third-order valence-electron chi connectivity index (χ3n) is 6.02. The number of anilines is 1. The van der Waals surface area contributed by atoms with Crippen LogP contribution in [0.15, 0.2) is 36.4 Å². The number of piperidine rings is 1. The molecule has 0 bridgehead atoms. The highest BCUT2D eigenvalue weighted by molar-refractivity contribution is 6.36. The van der Waals surface area contributed by atoms with Crippen molar-refractivity contribution in [3.05, 3.63) is 64.5 Å². The fourth-order valence-corrected chi connectivity index (χ4v) is 4.58. The summed E-state index contributed by atoms with van der Waals surface area (Å²) in [5.41, 5.74) is 4.19. The van der Waals surface area contributed by atoms with Gasteiger partial charge in [0.1, 0.15) is 24.2 Å². The van der Waals surface area contributed by atoms with Gasteiger partial charge in [-0.1, -0.05) is 24.6 Å². The van der Waals surface area contributed by atoms with E-state index in [4.69, 9.17) is 4.74 Å². The van der Waals surface area contributed by atoms with Crippen molar-refractivity contribution >= 4 is 28.9 Å². The van der Waals surface area contributed by atoms with Crippen LogP contribution in [0, 0.1) is 5.82 Å². The highest BCUT2D eigenvalue weighted by Crippen LogP contribution is 2.42. The number of amides is 1. The first-order chi connectivity index (χ1) is 14.5. The van der Waals surface area contributed by atoms with Crippen molar-refractivity contribution < 1.29 is 23.8 Å². The van der Waals surface area contributed by atoms with Crippen LogP contribution in [0.2, 0.25) is 0 Å². The molecule has 3 aliphatic rings. The number of benzene rings is 2. The van der Waals surface area contributed by atoms with Gasteiger partial charge >= 0.3 is 5.97 Å². The highest BCUT2D eigenvalue weighted by atomic mass is 19.1. The van der Waals surface area contributed by atoms with Crippen LogP contribution in [0.1, 0.15) is 41.5 Å². The number of carbonyl (C=O) groups is 2. The van der Waals surface area contributed by atoms with E-state index in [0.717, 1.165) is 36.1 Å². The Morgan fingerprint density at radius 3 is 2.90 bits per heavy atom. The first-order valence-corrected chi connectivity index (χ1v) is 10.1. The van der Waals surface area contributed by atoms with Crippen LogP contribution in [0.4, 0.5) is 10.1 Å². The fourth-order valence-electron chi connectivity index (χ4n) is 4.58. The molecule has 1 unspecified atom stereocenters. The number of nitrogens with one attached hydrogen (secondary N) is 1. The minimum Gasteiger partial charge on any atom is -0.487 e. The Morgan fingerprint density at radius 2 is 2.07 bits per heavy atom. The quantitative estimate of drug-likeness (QED) is 0.759. The van der Waals surface area contributed by atoms with E-state index in [9.17, 15) is 19.1 Å². The number of carbonyl (C=O) groups excluding carboxylic acids is 1. The summed E-state index contributed by atoms with van der Waals surface area (Å²) in [5, 5.41) is 12.2. The summed E-state index contributed by atoms with van der Waals surface area (Å²) >= 11 is 0. The second kappa shape index (κ2) is 7.25. The Morgan fingerprint density at radius 1 is 1.20 bits per heavy atom. The normalized spacial score (nSPS) is 23.0. The van der Waals surface area contributed by atoms with Gasteiger partial charge in [0, 0.05) is 28.9 Å². The number of halogens is 1. The summed E-state index contributed by atoms with van der Waals surface area (Å²) in [6.45, 7) is 1.65. The number of hydrogen-bond acceptors (Lipinski definition) is 4. The Hall–Kier alpha value is -3.19. The molecule has 1 atom stereocenters. The SMILES string of the molecule is O=C1Nc2ccc(F)cc2C1=C1OCc2cc(CN3CCCCC3C(=O)O)ccc21. The molecule has 1 saturated heterocycles. The zero-order chi connectivity index (χ0) is 20.8. The van der Waals surface area contributed by atoms with Crippen LogP contribution in [0.5, 0.6) is 0 Å². The summed E-state index contributed by atoms with van der Waals surface area (Å²) in [7, 11) is 0.